The number of hydrogen-bond acceptors (Lipinski definition) is 3. The molecule has 0 aliphatic carbocycles. The second-order valence-electron chi connectivity index (χ2n) is 6.34. The molecule has 130 valence electrons. The van der Waals surface area contributed by atoms with Gasteiger partial charge >= 0.3 is 0 Å². The van der Waals surface area contributed by atoms with E-state index in [1.54, 1.807) is 6.20 Å². The SMILES string of the molecule is CCCC(C)NC(=O)CSc1nccn1-c1ccccc1C(C)C. The smallest absolute Gasteiger partial charge is 0.230 e. The van der Waals surface area contributed by atoms with Crippen molar-refractivity contribution in [2.45, 2.75) is 57.7 Å². The number of carbonyl (C=O) groups is 1. The van der Waals surface area contributed by atoms with Crippen LogP contribution in [0, 0.1) is 0 Å². The summed E-state index contributed by atoms with van der Waals surface area (Å²) in [5.41, 5.74) is 2.41. The first-order valence-electron chi connectivity index (χ1n) is 8.57. The summed E-state index contributed by atoms with van der Waals surface area (Å²) in [5, 5.41) is 3.88. The van der Waals surface area contributed by atoms with E-state index in [-0.39, 0.29) is 11.9 Å². The van der Waals surface area contributed by atoms with Crippen molar-refractivity contribution in [3.05, 3.63) is 42.2 Å². The highest BCUT2D eigenvalue weighted by Gasteiger charge is 2.13. The maximum Gasteiger partial charge on any atom is 0.230 e. The lowest BCUT2D eigenvalue weighted by molar-refractivity contribution is -0.119. The number of thioether (sulfide) groups is 1. The molecule has 2 aromatic rings. The number of hydrogen-bond donors (Lipinski definition) is 1. The molecule has 2 rings (SSSR count). The zero-order valence-electron chi connectivity index (χ0n) is 15.0. The summed E-state index contributed by atoms with van der Waals surface area (Å²) in [6, 6.07) is 8.57. The zero-order chi connectivity index (χ0) is 17.5. The average Bonchev–Trinajstić information content (AvgIpc) is 3.01. The van der Waals surface area contributed by atoms with Gasteiger partial charge in [0.1, 0.15) is 0 Å². The Morgan fingerprint density at radius 2 is 2.04 bits per heavy atom. The van der Waals surface area contributed by atoms with Crippen LogP contribution in [0.1, 0.15) is 52.0 Å². The van der Waals surface area contributed by atoms with Crippen LogP contribution in [0.15, 0.2) is 41.8 Å². The Bertz CT molecular complexity index is 666. The van der Waals surface area contributed by atoms with Crippen molar-refractivity contribution in [2.24, 2.45) is 0 Å². The van der Waals surface area contributed by atoms with Gasteiger partial charge in [-0.05, 0) is 30.9 Å². The Kier molecular flexibility index (Phi) is 6.91. The van der Waals surface area contributed by atoms with Crippen LogP contribution >= 0.6 is 11.8 Å². The van der Waals surface area contributed by atoms with E-state index in [0.717, 1.165) is 23.7 Å². The van der Waals surface area contributed by atoms with Gasteiger partial charge in [0.15, 0.2) is 5.16 Å². The summed E-state index contributed by atoms with van der Waals surface area (Å²) in [6.45, 7) is 8.54. The van der Waals surface area contributed by atoms with E-state index in [2.05, 4.69) is 53.8 Å². The Labute approximate surface area is 149 Å². The second-order valence-corrected chi connectivity index (χ2v) is 7.28. The monoisotopic (exact) mass is 345 g/mol. The predicted molar refractivity (Wildman–Crippen MR) is 101 cm³/mol. The van der Waals surface area contributed by atoms with Crippen LogP contribution < -0.4 is 5.32 Å². The number of nitrogens with one attached hydrogen (secondary N) is 1. The van der Waals surface area contributed by atoms with Gasteiger partial charge in [0.05, 0.1) is 11.4 Å². The van der Waals surface area contributed by atoms with E-state index in [4.69, 9.17) is 0 Å². The molecule has 1 aromatic heterocycles. The topological polar surface area (TPSA) is 46.9 Å². The maximum atomic E-state index is 12.1. The van der Waals surface area contributed by atoms with Gasteiger partial charge in [0.25, 0.3) is 0 Å². The molecule has 0 radical (unpaired) electrons. The first kappa shape index (κ1) is 18.6. The lowest BCUT2D eigenvalue weighted by atomic mass is 10.0. The molecular weight excluding hydrogens is 318 g/mol. The van der Waals surface area contributed by atoms with Crippen LogP contribution in [0.25, 0.3) is 5.69 Å². The van der Waals surface area contributed by atoms with Crippen molar-refractivity contribution in [1.29, 1.82) is 0 Å². The van der Waals surface area contributed by atoms with Gasteiger partial charge in [0, 0.05) is 18.4 Å². The molecule has 0 saturated heterocycles. The van der Waals surface area contributed by atoms with Gasteiger partial charge in [-0.25, -0.2) is 4.98 Å². The zero-order valence-corrected chi connectivity index (χ0v) is 15.8. The molecule has 0 aliphatic rings. The van der Waals surface area contributed by atoms with Crippen molar-refractivity contribution < 1.29 is 4.79 Å². The molecule has 1 aromatic carbocycles. The number of rotatable bonds is 8. The van der Waals surface area contributed by atoms with Crippen LogP contribution in [0.3, 0.4) is 0 Å². The summed E-state index contributed by atoms with van der Waals surface area (Å²) in [4.78, 5) is 16.5. The molecule has 1 atom stereocenters. The van der Waals surface area contributed by atoms with Crippen LogP contribution in [-0.2, 0) is 4.79 Å². The Morgan fingerprint density at radius 1 is 1.29 bits per heavy atom. The highest BCUT2D eigenvalue weighted by atomic mass is 32.2. The Balaban J connectivity index is 2.08. The summed E-state index contributed by atoms with van der Waals surface area (Å²) in [6.07, 6.45) is 5.83. The molecule has 0 spiro atoms. The number of carbonyl (C=O) groups excluding carboxylic acids is 1. The first-order valence-corrected chi connectivity index (χ1v) is 9.56. The fourth-order valence-corrected chi connectivity index (χ4v) is 3.50. The predicted octanol–water partition coefficient (Wildman–Crippen LogP) is 4.39. The third-order valence-electron chi connectivity index (χ3n) is 3.89. The Hall–Kier alpha value is -1.75. The number of benzene rings is 1. The van der Waals surface area contributed by atoms with E-state index in [1.165, 1.54) is 17.3 Å². The van der Waals surface area contributed by atoms with Crippen LogP contribution in [0.4, 0.5) is 0 Å². The number of para-hydroxylation sites is 1. The van der Waals surface area contributed by atoms with E-state index >= 15 is 0 Å². The summed E-state index contributed by atoms with van der Waals surface area (Å²) in [7, 11) is 0. The second kappa shape index (κ2) is 8.92. The molecule has 1 amide bonds. The van der Waals surface area contributed by atoms with Crippen molar-refractivity contribution >= 4 is 17.7 Å². The summed E-state index contributed by atoms with van der Waals surface area (Å²) in [5.74, 6) is 0.877. The molecule has 0 bridgehead atoms. The third kappa shape index (κ3) is 4.87. The first-order chi connectivity index (χ1) is 11.5. The number of nitrogens with zero attached hydrogens (tertiary/aromatic N) is 2. The molecule has 1 heterocycles. The highest BCUT2D eigenvalue weighted by molar-refractivity contribution is 7.99. The normalized spacial score (nSPS) is 12.4. The quantitative estimate of drug-likeness (QED) is 0.722. The van der Waals surface area contributed by atoms with Gasteiger partial charge in [-0.2, -0.15) is 0 Å². The van der Waals surface area contributed by atoms with E-state index in [1.807, 2.05) is 19.2 Å². The van der Waals surface area contributed by atoms with E-state index in [0.29, 0.717) is 11.7 Å². The minimum atomic E-state index is 0.0626. The molecule has 0 fully saturated rings. The van der Waals surface area contributed by atoms with Crippen molar-refractivity contribution in [1.82, 2.24) is 14.9 Å². The van der Waals surface area contributed by atoms with E-state index in [9.17, 15) is 4.79 Å². The lowest BCUT2D eigenvalue weighted by Gasteiger charge is -2.15. The van der Waals surface area contributed by atoms with Crippen molar-refractivity contribution in [2.75, 3.05) is 5.75 Å². The fraction of sp³-hybridized carbons (Fsp3) is 0.474. The van der Waals surface area contributed by atoms with E-state index < -0.39 is 0 Å². The van der Waals surface area contributed by atoms with Gasteiger partial charge in [0.2, 0.25) is 5.91 Å². The third-order valence-corrected chi connectivity index (χ3v) is 4.85. The number of imidazole rings is 1. The molecule has 24 heavy (non-hydrogen) atoms. The maximum absolute atomic E-state index is 12.1. The lowest BCUT2D eigenvalue weighted by Crippen LogP contribution is -2.33. The van der Waals surface area contributed by atoms with Crippen LogP contribution in [-0.4, -0.2) is 27.3 Å². The van der Waals surface area contributed by atoms with Gasteiger partial charge in [-0.3, -0.25) is 9.36 Å². The van der Waals surface area contributed by atoms with Crippen LogP contribution in [0.2, 0.25) is 0 Å². The standard InChI is InChI=1S/C19H27N3OS/c1-5-8-15(4)21-18(23)13-24-19-20-11-12-22(19)17-10-7-6-9-16(17)14(2)3/h6-7,9-12,14-15H,5,8,13H2,1-4H3,(H,21,23). The number of aromatic nitrogens is 2. The molecule has 1 N–H and O–H groups in total. The van der Waals surface area contributed by atoms with Crippen molar-refractivity contribution in [3.63, 3.8) is 0 Å². The highest BCUT2D eigenvalue weighted by Crippen LogP contribution is 2.27. The minimum Gasteiger partial charge on any atom is -0.353 e. The molecule has 4 nitrogen and oxygen atoms in total. The summed E-state index contributed by atoms with van der Waals surface area (Å²) < 4.78 is 2.07. The molecule has 0 saturated carbocycles. The largest absolute Gasteiger partial charge is 0.353 e. The Morgan fingerprint density at radius 3 is 2.75 bits per heavy atom. The molecule has 5 heteroatoms. The fourth-order valence-electron chi connectivity index (χ4n) is 2.73. The van der Waals surface area contributed by atoms with Crippen LogP contribution in [0.5, 0.6) is 0 Å². The van der Waals surface area contributed by atoms with Gasteiger partial charge in [-0.15, -0.1) is 0 Å². The summed E-state index contributed by atoms with van der Waals surface area (Å²) >= 11 is 1.48. The molecular formula is C19H27N3OS. The average molecular weight is 346 g/mol. The molecule has 0 aliphatic heterocycles. The van der Waals surface area contributed by atoms with Crippen molar-refractivity contribution in [3.8, 4) is 5.69 Å². The minimum absolute atomic E-state index is 0.0626. The van der Waals surface area contributed by atoms with Gasteiger partial charge in [-0.1, -0.05) is 57.2 Å². The number of amides is 1. The molecule has 1 unspecified atom stereocenters. The van der Waals surface area contributed by atoms with Gasteiger partial charge < -0.3 is 5.32 Å².